The molecule has 2 rings (SSSR count). The number of Topliss-reactive ketones (excluding diaryl/α,β-unsaturated/α-hetero) is 1. The molecule has 1 aliphatic rings. The zero-order valence-electron chi connectivity index (χ0n) is 10.8. The van der Waals surface area contributed by atoms with Crippen molar-refractivity contribution >= 4 is 11.5 Å². The molecule has 0 aromatic heterocycles. The van der Waals surface area contributed by atoms with Gasteiger partial charge in [-0.2, -0.15) is 0 Å². The summed E-state index contributed by atoms with van der Waals surface area (Å²) in [5.41, 5.74) is 3.39. The van der Waals surface area contributed by atoms with Gasteiger partial charge in [-0.15, -0.1) is 0 Å². The SMILES string of the molecule is CC(C)CCC(=O)c1ccc2c(c1)CCCN2. The van der Waals surface area contributed by atoms with Gasteiger partial charge in [-0.3, -0.25) is 4.79 Å². The second-order valence-corrected chi connectivity index (χ2v) is 5.26. The molecule has 0 aliphatic carbocycles. The smallest absolute Gasteiger partial charge is 0.162 e. The van der Waals surface area contributed by atoms with Gasteiger partial charge in [-0.05, 0) is 48.9 Å². The van der Waals surface area contributed by atoms with Crippen LogP contribution in [0.5, 0.6) is 0 Å². The third kappa shape index (κ3) is 3.09. The van der Waals surface area contributed by atoms with Crippen LogP contribution in [0.1, 0.15) is 49.0 Å². The molecule has 0 radical (unpaired) electrons. The molecule has 2 nitrogen and oxygen atoms in total. The van der Waals surface area contributed by atoms with Gasteiger partial charge in [0.1, 0.15) is 0 Å². The number of fused-ring (bicyclic) bond motifs is 1. The van der Waals surface area contributed by atoms with E-state index in [2.05, 4.69) is 31.3 Å². The van der Waals surface area contributed by atoms with Crippen molar-refractivity contribution < 1.29 is 4.79 Å². The number of anilines is 1. The summed E-state index contributed by atoms with van der Waals surface area (Å²) in [7, 11) is 0. The highest BCUT2D eigenvalue weighted by Crippen LogP contribution is 2.23. The van der Waals surface area contributed by atoms with Crippen molar-refractivity contribution in [3.05, 3.63) is 29.3 Å². The van der Waals surface area contributed by atoms with Gasteiger partial charge >= 0.3 is 0 Å². The van der Waals surface area contributed by atoms with Crippen LogP contribution in [-0.4, -0.2) is 12.3 Å². The van der Waals surface area contributed by atoms with Crippen molar-refractivity contribution in [2.24, 2.45) is 5.92 Å². The highest BCUT2D eigenvalue weighted by molar-refractivity contribution is 5.96. The Bertz CT molecular complexity index is 409. The Morgan fingerprint density at radius 3 is 3.00 bits per heavy atom. The highest BCUT2D eigenvalue weighted by atomic mass is 16.1. The van der Waals surface area contributed by atoms with E-state index in [1.54, 1.807) is 0 Å². The van der Waals surface area contributed by atoms with Crippen LogP contribution in [0.3, 0.4) is 0 Å². The van der Waals surface area contributed by atoms with Crippen molar-refractivity contribution in [3.8, 4) is 0 Å². The van der Waals surface area contributed by atoms with E-state index in [1.165, 1.54) is 11.3 Å². The molecule has 1 N–H and O–H groups in total. The fourth-order valence-electron chi connectivity index (χ4n) is 2.21. The van der Waals surface area contributed by atoms with Crippen molar-refractivity contribution in [2.45, 2.75) is 39.5 Å². The number of aryl methyl sites for hydroxylation is 1. The molecule has 0 bridgehead atoms. The van der Waals surface area contributed by atoms with E-state index < -0.39 is 0 Å². The average molecular weight is 231 g/mol. The minimum atomic E-state index is 0.284. The minimum absolute atomic E-state index is 0.284. The topological polar surface area (TPSA) is 29.1 Å². The molecule has 92 valence electrons. The first-order valence-corrected chi connectivity index (χ1v) is 6.57. The summed E-state index contributed by atoms with van der Waals surface area (Å²) in [6, 6.07) is 6.08. The summed E-state index contributed by atoms with van der Waals surface area (Å²) in [5.74, 6) is 0.880. The highest BCUT2D eigenvalue weighted by Gasteiger charge is 2.12. The predicted octanol–water partition coefficient (Wildman–Crippen LogP) is 3.66. The molecule has 0 saturated heterocycles. The van der Waals surface area contributed by atoms with E-state index in [-0.39, 0.29) is 5.78 Å². The molecule has 0 atom stereocenters. The number of nitrogens with one attached hydrogen (secondary N) is 1. The average Bonchev–Trinajstić information content (AvgIpc) is 2.35. The molecule has 0 spiro atoms. The van der Waals surface area contributed by atoms with Gasteiger partial charge in [0.2, 0.25) is 0 Å². The van der Waals surface area contributed by atoms with Crippen molar-refractivity contribution in [1.29, 1.82) is 0 Å². The van der Waals surface area contributed by atoms with Crippen LogP contribution in [-0.2, 0) is 6.42 Å². The van der Waals surface area contributed by atoms with Crippen LogP contribution in [0.25, 0.3) is 0 Å². The Balaban J connectivity index is 2.08. The number of benzene rings is 1. The molecule has 0 saturated carbocycles. The Kier molecular flexibility index (Phi) is 3.82. The normalized spacial score (nSPS) is 14.3. The third-order valence-corrected chi connectivity index (χ3v) is 3.31. The quantitative estimate of drug-likeness (QED) is 0.801. The van der Waals surface area contributed by atoms with Gasteiger partial charge in [-0.1, -0.05) is 13.8 Å². The molecule has 0 amide bonds. The van der Waals surface area contributed by atoms with Crippen molar-refractivity contribution in [1.82, 2.24) is 0 Å². The van der Waals surface area contributed by atoms with E-state index in [0.29, 0.717) is 12.3 Å². The Labute approximate surface area is 103 Å². The van der Waals surface area contributed by atoms with Gasteiger partial charge in [0, 0.05) is 24.2 Å². The zero-order chi connectivity index (χ0) is 12.3. The maximum Gasteiger partial charge on any atom is 0.162 e. The first kappa shape index (κ1) is 12.2. The fourth-order valence-corrected chi connectivity index (χ4v) is 2.21. The Morgan fingerprint density at radius 2 is 2.24 bits per heavy atom. The predicted molar refractivity (Wildman–Crippen MR) is 71.7 cm³/mol. The van der Waals surface area contributed by atoms with Gasteiger partial charge in [0.05, 0.1) is 0 Å². The number of carbonyl (C=O) groups is 1. The number of hydrogen-bond acceptors (Lipinski definition) is 2. The molecule has 1 aliphatic heterocycles. The minimum Gasteiger partial charge on any atom is -0.385 e. The summed E-state index contributed by atoms with van der Waals surface area (Å²) < 4.78 is 0. The molecule has 2 heteroatoms. The third-order valence-electron chi connectivity index (χ3n) is 3.31. The van der Waals surface area contributed by atoms with Crippen LogP contribution < -0.4 is 5.32 Å². The van der Waals surface area contributed by atoms with Crippen molar-refractivity contribution in [2.75, 3.05) is 11.9 Å². The molecule has 0 fully saturated rings. The standard InChI is InChI=1S/C15H21NO/c1-11(2)5-8-15(17)13-6-7-14-12(10-13)4-3-9-16-14/h6-7,10-11,16H,3-5,8-9H2,1-2H3. The van der Waals surface area contributed by atoms with Crippen LogP contribution >= 0.6 is 0 Å². The maximum atomic E-state index is 12.0. The van der Waals surface area contributed by atoms with E-state index in [1.807, 2.05) is 6.07 Å². The van der Waals surface area contributed by atoms with Gasteiger partial charge < -0.3 is 5.32 Å². The molecule has 1 aromatic carbocycles. The largest absolute Gasteiger partial charge is 0.385 e. The van der Waals surface area contributed by atoms with Crippen LogP contribution in [0, 0.1) is 5.92 Å². The Morgan fingerprint density at radius 1 is 1.41 bits per heavy atom. The second kappa shape index (κ2) is 5.35. The summed E-state index contributed by atoms with van der Waals surface area (Å²) in [5, 5.41) is 3.37. The second-order valence-electron chi connectivity index (χ2n) is 5.26. The van der Waals surface area contributed by atoms with E-state index in [4.69, 9.17) is 0 Å². The molecular weight excluding hydrogens is 210 g/mol. The lowest BCUT2D eigenvalue weighted by atomic mass is 9.96. The van der Waals surface area contributed by atoms with Crippen molar-refractivity contribution in [3.63, 3.8) is 0 Å². The van der Waals surface area contributed by atoms with E-state index in [9.17, 15) is 4.79 Å². The lowest BCUT2D eigenvalue weighted by Crippen LogP contribution is -2.12. The first-order chi connectivity index (χ1) is 8.16. The number of hydrogen-bond donors (Lipinski definition) is 1. The monoisotopic (exact) mass is 231 g/mol. The lowest BCUT2D eigenvalue weighted by Gasteiger charge is -2.18. The molecule has 17 heavy (non-hydrogen) atoms. The summed E-state index contributed by atoms with van der Waals surface area (Å²) in [6.45, 7) is 5.36. The maximum absolute atomic E-state index is 12.0. The molecular formula is C15H21NO. The summed E-state index contributed by atoms with van der Waals surface area (Å²) >= 11 is 0. The summed E-state index contributed by atoms with van der Waals surface area (Å²) in [4.78, 5) is 12.0. The van der Waals surface area contributed by atoms with Crippen LogP contribution in [0.15, 0.2) is 18.2 Å². The van der Waals surface area contributed by atoms with Gasteiger partial charge in [0.25, 0.3) is 0 Å². The lowest BCUT2D eigenvalue weighted by molar-refractivity contribution is 0.0975. The van der Waals surface area contributed by atoms with Crippen LogP contribution in [0.2, 0.25) is 0 Å². The number of rotatable bonds is 4. The fraction of sp³-hybridized carbons (Fsp3) is 0.533. The molecule has 1 heterocycles. The molecule has 1 aromatic rings. The zero-order valence-corrected chi connectivity index (χ0v) is 10.8. The van der Waals surface area contributed by atoms with Crippen LogP contribution in [0.4, 0.5) is 5.69 Å². The first-order valence-electron chi connectivity index (χ1n) is 6.57. The van der Waals surface area contributed by atoms with Gasteiger partial charge in [0.15, 0.2) is 5.78 Å². The van der Waals surface area contributed by atoms with E-state index in [0.717, 1.165) is 31.4 Å². The Hall–Kier alpha value is -1.31. The number of ketones is 1. The van der Waals surface area contributed by atoms with E-state index >= 15 is 0 Å². The number of carbonyl (C=O) groups excluding carboxylic acids is 1. The van der Waals surface area contributed by atoms with Gasteiger partial charge in [-0.25, -0.2) is 0 Å². The molecule has 0 unspecified atom stereocenters. The summed E-state index contributed by atoms with van der Waals surface area (Å²) in [6.07, 6.45) is 3.91.